The third kappa shape index (κ3) is 3.05. The number of rotatable bonds is 5. The van der Waals surface area contributed by atoms with Gasteiger partial charge in [-0.05, 0) is 25.5 Å². The van der Waals surface area contributed by atoms with Crippen LogP contribution in [0.3, 0.4) is 0 Å². The molecule has 0 fully saturated rings. The molecule has 1 aromatic rings. The fourth-order valence-electron chi connectivity index (χ4n) is 1.80. The summed E-state index contributed by atoms with van der Waals surface area (Å²) in [6.45, 7) is 4.29. The van der Waals surface area contributed by atoms with Gasteiger partial charge in [-0.2, -0.15) is 0 Å². The lowest BCUT2D eigenvalue weighted by molar-refractivity contribution is -0.138. The first-order valence-electron chi connectivity index (χ1n) is 5.46. The van der Waals surface area contributed by atoms with Gasteiger partial charge in [-0.3, -0.25) is 0 Å². The third-order valence-corrected chi connectivity index (χ3v) is 3.44. The number of aliphatic carboxylic acids is 1. The van der Waals surface area contributed by atoms with Gasteiger partial charge in [0.1, 0.15) is 6.04 Å². The second kappa shape index (κ2) is 6.12. The normalized spacial score (nSPS) is 12.2. The first-order chi connectivity index (χ1) is 8.02. The summed E-state index contributed by atoms with van der Waals surface area (Å²) in [5, 5.41) is 10.0. The van der Waals surface area contributed by atoms with E-state index >= 15 is 0 Å². The molecule has 0 heterocycles. The average Bonchev–Trinajstić information content (AvgIpc) is 2.29. The van der Waals surface area contributed by atoms with Crippen LogP contribution in [0.25, 0.3) is 0 Å². The number of anilines is 1. The van der Waals surface area contributed by atoms with Crippen molar-refractivity contribution in [2.45, 2.75) is 26.3 Å². The lowest BCUT2D eigenvalue weighted by atomic mass is 10.1. The molecule has 0 aliphatic rings. The van der Waals surface area contributed by atoms with Crippen LogP contribution in [0.1, 0.15) is 20.3 Å². The van der Waals surface area contributed by atoms with Crippen molar-refractivity contribution in [3.05, 3.63) is 28.2 Å². The molecule has 0 bridgehead atoms. The van der Waals surface area contributed by atoms with Crippen molar-refractivity contribution in [1.82, 2.24) is 0 Å². The highest BCUT2D eigenvalue weighted by Gasteiger charge is 2.24. The molecule has 0 radical (unpaired) electrons. The Morgan fingerprint density at radius 2 is 2.06 bits per heavy atom. The Hall–Kier alpha value is -0.930. The van der Waals surface area contributed by atoms with Crippen molar-refractivity contribution in [2.75, 3.05) is 11.4 Å². The summed E-state index contributed by atoms with van der Waals surface area (Å²) in [4.78, 5) is 12.9. The fourth-order valence-corrected chi connectivity index (χ4v) is 2.21. The van der Waals surface area contributed by atoms with Crippen LogP contribution in [-0.2, 0) is 4.79 Å². The van der Waals surface area contributed by atoms with Crippen molar-refractivity contribution in [3.8, 4) is 0 Å². The van der Waals surface area contributed by atoms with Crippen molar-refractivity contribution in [3.63, 3.8) is 0 Å². The summed E-state index contributed by atoms with van der Waals surface area (Å²) in [5.41, 5.74) is 0.663. The molecular weight excluding hydrogens is 261 g/mol. The van der Waals surface area contributed by atoms with Gasteiger partial charge in [0.25, 0.3) is 0 Å². The highest BCUT2D eigenvalue weighted by atomic mass is 35.5. The van der Waals surface area contributed by atoms with E-state index in [1.165, 1.54) is 0 Å². The first kappa shape index (κ1) is 14.1. The Balaban J connectivity index is 3.17. The number of carboxylic acid groups (broad SMARTS) is 1. The lowest BCUT2D eigenvalue weighted by Crippen LogP contribution is -2.41. The van der Waals surface area contributed by atoms with Crippen LogP contribution in [-0.4, -0.2) is 23.7 Å². The number of benzene rings is 1. The van der Waals surface area contributed by atoms with Gasteiger partial charge in [0.2, 0.25) is 0 Å². The molecular formula is C12H15Cl2NO2. The van der Waals surface area contributed by atoms with Crippen molar-refractivity contribution in [2.24, 2.45) is 0 Å². The van der Waals surface area contributed by atoms with Crippen LogP contribution in [0, 0.1) is 0 Å². The zero-order valence-electron chi connectivity index (χ0n) is 9.78. The molecule has 0 aliphatic carbocycles. The topological polar surface area (TPSA) is 40.5 Å². The highest BCUT2D eigenvalue weighted by molar-refractivity contribution is 6.43. The van der Waals surface area contributed by atoms with Crippen molar-refractivity contribution < 1.29 is 9.90 Å². The van der Waals surface area contributed by atoms with Gasteiger partial charge >= 0.3 is 5.97 Å². The number of halogens is 2. The Bertz CT molecular complexity index is 409. The van der Waals surface area contributed by atoms with Gasteiger partial charge in [0.05, 0.1) is 15.7 Å². The van der Waals surface area contributed by atoms with Crippen molar-refractivity contribution >= 4 is 34.9 Å². The summed E-state index contributed by atoms with van der Waals surface area (Å²) in [5.74, 6) is -0.856. The molecule has 0 spiro atoms. The minimum absolute atomic E-state index is 0.399. The number of carboxylic acids is 1. The summed E-state index contributed by atoms with van der Waals surface area (Å²) in [7, 11) is 0. The molecule has 17 heavy (non-hydrogen) atoms. The van der Waals surface area contributed by atoms with Crippen LogP contribution in [0.4, 0.5) is 5.69 Å². The van der Waals surface area contributed by atoms with E-state index in [-0.39, 0.29) is 0 Å². The zero-order chi connectivity index (χ0) is 13.0. The van der Waals surface area contributed by atoms with Crippen LogP contribution in [0.2, 0.25) is 10.0 Å². The van der Waals surface area contributed by atoms with E-state index in [1.807, 2.05) is 13.8 Å². The summed E-state index contributed by atoms with van der Waals surface area (Å²) in [6.07, 6.45) is 0.506. The highest BCUT2D eigenvalue weighted by Crippen LogP contribution is 2.33. The Labute approximate surface area is 111 Å². The first-order valence-corrected chi connectivity index (χ1v) is 6.21. The van der Waals surface area contributed by atoms with Crippen LogP contribution < -0.4 is 4.90 Å². The smallest absolute Gasteiger partial charge is 0.326 e. The number of likely N-dealkylation sites (N-methyl/N-ethyl adjacent to an activating group) is 1. The van der Waals surface area contributed by atoms with Gasteiger partial charge in [0.15, 0.2) is 0 Å². The van der Waals surface area contributed by atoms with E-state index in [4.69, 9.17) is 23.2 Å². The monoisotopic (exact) mass is 275 g/mol. The summed E-state index contributed by atoms with van der Waals surface area (Å²) in [6, 6.07) is 4.64. The molecule has 94 valence electrons. The average molecular weight is 276 g/mol. The SMILES string of the molecule is CC[C@H](C(=O)O)N(CC)c1cccc(Cl)c1Cl. The van der Waals surface area contributed by atoms with Crippen LogP contribution in [0.15, 0.2) is 18.2 Å². The van der Waals surface area contributed by atoms with Gasteiger partial charge < -0.3 is 10.0 Å². The molecule has 0 aromatic heterocycles. The van der Waals surface area contributed by atoms with Gasteiger partial charge in [-0.1, -0.05) is 36.2 Å². The molecule has 0 saturated carbocycles. The van der Waals surface area contributed by atoms with Crippen LogP contribution >= 0.6 is 23.2 Å². The predicted octanol–water partition coefficient (Wildman–Crippen LogP) is 3.68. The Morgan fingerprint density at radius 1 is 1.41 bits per heavy atom. The van der Waals surface area contributed by atoms with E-state index in [0.717, 1.165) is 0 Å². The zero-order valence-corrected chi connectivity index (χ0v) is 11.3. The summed E-state index contributed by atoms with van der Waals surface area (Å²) < 4.78 is 0. The second-order valence-corrected chi connectivity index (χ2v) is 4.41. The molecule has 0 amide bonds. The number of nitrogens with zero attached hydrogens (tertiary/aromatic N) is 1. The molecule has 0 unspecified atom stereocenters. The minimum Gasteiger partial charge on any atom is -0.480 e. The fraction of sp³-hybridized carbons (Fsp3) is 0.417. The van der Waals surface area contributed by atoms with Gasteiger partial charge in [0, 0.05) is 6.54 Å². The maximum atomic E-state index is 11.2. The van der Waals surface area contributed by atoms with E-state index in [9.17, 15) is 9.90 Å². The van der Waals surface area contributed by atoms with Crippen LogP contribution in [0.5, 0.6) is 0 Å². The standard InChI is InChI=1S/C12H15Cl2NO2/c1-3-9(12(16)17)15(4-2)10-7-5-6-8(13)11(10)14/h5-7,9H,3-4H2,1-2H3,(H,16,17)/t9-/m1/s1. The predicted molar refractivity (Wildman–Crippen MR) is 71.2 cm³/mol. The molecule has 1 rings (SSSR count). The van der Waals surface area contributed by atoms with E-state index in [0.29, 0.717) is 28.7 Å². The molecule has 0 aliphatic heterocycles. The maximum absolute atomic E-state index is 11.2. The number of carbonyl (C=O) groups is 1. The molecule has 3 nitrogen and oxygen atoms in total. The Morgan fingerprint density at radius 3 is 2.53 bits per heavy atom. The quantitative estimate of drug-likeness (QED) is 0.891. The molecule has 1 atom stereocenters. The van der Waals surface area contributed by atoms with Gasteiger partial charge in [-0.15, -0.1) is 0 Å². The second-order valence-electron chi connectivity index (χ2n) is 3.62. The molecule has 1 N–H and O–H groups in total. The maximum Gasteiger partial charge on any atom is 0.326 e. The molecule has 1 aromatic carbocycles. The largest absolute Gasteiger partial charge is 0.480 e. The third-order valence-electron chi connectivity index (χ3n) is 2.63. The minimum atomic E-state index is -0.856. The number of hydrogen-bond donors (Lipinski definition) is 1. The van der Waals surface area contributed by atoms with E-state index in [2.05, 4.69) is 0 Å². The number of hydrogen-bond acceptors (Lipinski definition) is 2. The lowest BCUT2D eigenvalue weighted by Gasteiger charge is -2.30. The molecule has 5 heteroatoms. The van der Waals surface area contributed by atoms with E-state index < -0.39 is 12.0 Å². The Kier molecular flexibility index (Phi) is 5.09. The summed E-state index contributed by atoms with van der Waals surface area (Å²) >= 11 is 12.0. The van der Waals surface area contributed by atoms with Crippen molar-refractivity contribution in [1.29, 1.82) is 0 Å². The van der Waals surface area contributed by atoms with E-state index in [1.54, 1.807) is 23.1 Å². The van der Waals surface area contributed by atoms with Gasteiger partial charge in [-0.25, -0.2) is 4.79 Å². The molecule has 0 saturated heterocycles.